The molecule has 4 heteroatoms. The Morgan fingerprint density at radius 2 is 2.31 bits per heavy atom. The van der Waals surface area contributed by atoms with Gasteiger partial charge in [0.2, 0.25) is 0 Å². The van der Waals surface area contributed by atoms with Crippen molar-refractivity contribution in [2.75, 3.05) is 37.4 Å². The molecule has 16 heavy (non-hydrogen) atoms. The van der Waals surface area contributed by atoms with E-state index in [1.54, 1.807) is 0 Å². The minimum Gasteiger partial charge on any atom is -0.398 e. The lowest BCUT2D eigenvalue weighted by molar-refractivity contribution is -0.0818. The lowest BCUT2D eigenvalue weighted by Gasteiger charge is -2.24. The molecule has 4 nitrogen and oxygen atoms in total. The summed E-state index contributed by atoms with van der Waals surface area (Å²) in [6.45, 7) is 4.81. The summed E-state index contributed by atoms with van der Waals surface area (Å²) in [6.07, 6.45) is 0.134. The van der Waals surface area contributed by atoms with Crippen molar-refractivity contribution in [1.29, 1.82) is 0 Å². The molecule has 2 rings (SSSR count). The van der Waals surface area contributed by atoms with Gasteiger partial charge in [-0.1, -0.05) is 6.07 Å². The van der Waals surface area contributed by atoms with Crippen LogP contribution in [0.3, 0.4) is 0 Å². The fourth-order valence-electron chi connectivity index (χ4n) is 1.72. The zero-order chi connectivity index (χ0) is 11.4. The largest absolute Gasteiger partial charge is 0.398 e. The van der Waals surface area contributed by atoms with E-state index >= 15 is 0 Å². The van der Waals surface area contributed by atoms with Gasteiger partial charge in [-0.25, -0.2) is 0 Å². The monoisotopic (exact) mass is 222 g/mol. The van der Waals surface area contributed by atoms with Crippen molar-refractivity contribution in [2.24, 2.45) is 0 Å². The van der Waals surface area contributed by atoms with Crippen molar-refractivity contribution in [2.45, 2.75) is 13.0 Å². The molecule has 1 heterocycles. The van der Waals surface area contributed by atoms with E-state index in [2.05, 4.69) is 5.32 Å². The van der Waals surface area contributed by atoms with Crippen LogP contribution in [-0.2, 0) is 9.47 Å². The summed E-state index contributed by atoms with van der Waals surface area (Å²) in [7, 11) is 0. The average Bonchev–Trinajstić information content (AvgIpc) is 2.32. The van der Waals surface area contributed by atoms with Crippen LogP contribution in [0.4, 0.5) is 11.4 Å². The second kappa shape index (κ2) is 5.18. The van der Waals surface area contributed by atoms with Gasteiger partial charge in [0.05, 0.1) is 25.9 Å². The van der Waals surface area contributed by atoms with Gasteiger partial charge < -0.3 is 20.5 Å². The molecule has 1 fully saturated rings. The predicted molar refractivity (Wildman–Crippen MR) is 64.6 cm³/mol. The standard InChI is InChI=1S/C12H18N2O2/c1-9-11(13)3-2-4-12(9)14-7-10-8-15-5-6-16-10/h2-4,10,14H,5-8,13H2,1H3. The normalized spacial score (nSPS) is 20.7. The molecule has 0 saturated carbocycles. The Morgan fingerprint density at radius 3 is 3.06 bits per heavy atom. The maximum absolute atomic E-state index is 5.83. The van der Waals surface area contributed by atoms with Crippen LogP contribution >= 0.6 is 0 Å². The van der Waals surface area contributed by atoms with Gasteiger partial charge in [0, 0.05) is 17.9 Å². The minimum atomic E-state index is 0.134. The highest BCUT2D eigenvalue weighted by atomic mass is 16.6. The third-order valence-electron chi connectivity index (χ3n) is 2.78. The van der Waals surface area contributed by atoms with Gasteiger partial charge in [-0.2, -0.15) is 0 Å². The highest BCUT2D eigenvalue weighted by molar-refractivity contribution is 5.62. The molecule has 1 aromatic carbocycles. The van der Waals surface area contributed by atoms with Crippen molar-refractivity contribution in [3.05, 3.63) is 23.8 Å². The fourth-order valence-corrected chi connectivity index (χ4v) is 1.72. The van der Waals surface area contributed by atoms with Gasteiger partial charge in [-0.3, -0.25) is 0 Å². The molecular formula is C12H18N2O2. The number of rotatable bonds is 3. The zero-order valence-corrected chi connectivity index (χ0v) is 9.53. The molecule has 0 amide bonds. The Bertz CT molecular complexity index is 349. The number of anilines is 2. The average molecular weight is 222 g/mol. The Hall–Kier alpha value is -1.26. The molecule has 1 atom stereocenters. The molecule has 0 bridgehead atoms. The Kier molecular flexibility index (Phi) is 3.64. The number of ether oxygens (including phenoxy) is 2. The first-order valence-corrected chi connectivity index (χ1v) is 5.55. The number of nitrogen functional groups attached to an aromatic ring is 1. The second-order valence-electron chi connectivity index (χ2n) is 3.97. The molecule has 1 unspecified atom stereocenters. The molecule has 0 spiro atoms. The molecule has 0 aliphatic carbocycles. The number of hydrogen-bond donors (Lipinski definition) is 2. The van der Waals surface area contributed by atoms with E-state index in [9.17, 15) is 0 Å². The van der Waals surface area contributed by atoms with E-state index in [1.165, 1.54) is 0 Å². The summed E-state index contributed by atoms with van der Waals surface area (Å²) in [6, 6.07) is 5.87. The molecular weight excluding hydrogens is 204 g/mol. The summed E-state index contributed by atoms with van der Waals surface area (Å²) >= 11 is 0. The summed E-state index contributed by atoms with van der Waals surface area (Å²) < 4.78 is 10.9. The predicted octanol–water partition coefficient (Wildman–Crippen LogP) is 1.40. The lowest BCUT2D eigenvalue weighted by Crippen LogP contribution is -2.34. The van der Waals surface area contributed by atoms with Crippen LogP contribution in [0.1, 0.15) is 5.56 Å². The summed E-state index contributed by atoms with van der Waals surface area (Å²) in [5.74, 6) is 0. The van der Waals surface area contributed by atoms with E-state index in [-0.39, 0.29) is 6.10 Å². The number of benzene rings is 1. The molecule has 1 aliphatic heterocycles. The summed E-state index contributed by atoms with van der Waals surface area (Å²) in [5.41, 5.74) is 8.79. The van der Waals surface area contributed by atoms with E-state index in [4.69, 9.17) is 15.2 Å². The van der Waals surface area contributed by atoms with E-state index in [1.807, 2.05) is 25.1 Å². The van der Waals surface area contributed by atoms with Crippen LogP contribution in [0.15, 0.2) is 18.2 Å². The first-order valence-electron chi connectivity index (χ1n) is 5.55. The van der Waals surface area contributed by atoms with Crippen LogP contribution in [0, 0.1) is 6.92 Å². The van der Waals surface area contributed by atoms with E-state index in [0.29, 0.717) is 19.8 Å². The summed E-state index contributed by atoms with van der Waals surface area (Å²) in [4.78, 5) is 0. The minimum absolute atomic E-state index is 0.134. The number of nitrogens with one attached hydrogen (secondary N) is 1. The van der Waals surface area contributed by atoms with Crippen molar-refractivity contribution in [3.63, 3.8) is 0 Å². The number of nitrogens with two attached hydrogens (primary N) is 1. The van der Waals surface area contributed by atoms with Crippen LogP contribution in [0.25, 0.3) is 0 Å². The second-order valence-corrected chi connectivity index (χ2v) is 3.97. The maximum Gasteiger partial charge on any atom is 0.0981 e. The topological polar surface area (TPSA) is 56.5 Å². The third kappa shape index (κ3) is 2.65. The van der Waals surface area contributed by atoms with Gasteiger partial charge in [-0.05, 0) is 24.6 Å². The van der Waals surface area contributed by atoms with E-state index in [0.717, 1.165) is 23.5 Å². The van der Waals surface area contributed by atoms with Crippen LogP contribution in [-0.4, -0.2) is 32.5 Å². The molecule has 0 radical (unpaired) electrons. The first-order chi connectivity index (χ1) is 7.77. The summed E-state index contributed by atoms with van der Waals surface area (Å²) in [5, 5.41) is 3.34. The van der Waals surface area contributed by atoms with Crippen molar-refractivity contribution < 1.29 is 9.47 Å². The number of hydrogen-bond acceptors (Lipinski definition) is 4. The van der Waals surface area contributed by atoms with Crippen LogP contribution < -0.4 is 11.1 Å². The molecule has 0 aromatic heterocycles. The smallest absolute Gasteiger partial charge is 0.0981 e. The molecule has 3 N–H and O–H groups in total. The molecule has 1 aromatic rings. The Balaban J connectivity index is 1.91. The maximum atomic E-state index is 5.83. The molecule has 1 aliphatic rings. The Labute approximate surface area is 95.7 Å². The van der Waals surface area contributed by atoms with Crippen LogP contribution in [0.5, 0.6) is 0 Å². The molecule has 88 valence electrons. The first kappa shape index (κ1) is 11.2. The van der Waals surface area contributed by atoms with Gasteiger partial charge in [-0.15, -0.1) is 0 Å². The van der Waals surface area contributed by atoms with Gasteiger partial charge in [0.1, 0.15) is 0 Å². The quantitative estimate of drug-likeness (QED) is 0.759. The fraction of sp³-hybridized carbons (Fsp3) is 0.500. The highest BCUT2D eigenvalue weighted by Crippen LogP contribution is 2.20. The van der Waals surface area contributed by atoms with Crippen molar-refractivity contribution in [3.8, 4) is 0 Å². The van der Waals surface area contributed by atoms with Crippen molar-refractivity contribution in [1.82, 2.24) is 0 Å². The van der Waals surface area contributed by atoms with E-state index < -0.39 is 0 Å². The lowest BCUT2D eigenvalue weighted by atomic mass is 10.1. The molecule has 1 saturated heterocycles. The zero-order valence-electron chi connectivity index (χ0n) is 9.53. The highest BCUT2D eigenvalue weighted by Gasteiger charge is 2.14. The van der Waals surface area contributed by atoms with Gasteiger partial charge in [0.25, 0.3) is 0 Å². The van der Waals surface area contributed by atoms with Crippen molar-refractivity contribution >= 4 is 11.4 Å². The SMILES string of the molecule is Cc1c(N)cccc1NCC1COCCO1. The van der Waals surface area contributed by atoms with Crippen LogP contribution in [0.2, 0.25) is 0 Å². The third-order valence-corrected chi connectivity index (χ3v) is 2.78. The van der Waals surface area contributed by atoms with Gasteiger partial charge >= 0.3 is 0 Å². The Morgan fingerprint density at radius 1 is 1.44 bits per heavy atom. The van der Waals surface area contributed by atoms with Gasteiger partial charge in [0.15, 0.2) is 0 Å².